The number of nitrogens with zero attached hydrogens (tertiary/aromatic N) is 1. The van der Waals surface area contributed by atoms with Gasteiger partial charge in [0.25, 0.3) is 11.8 Å². The van der Waals surface area contributed by atoms with Crippen molar-refractivity contribution in [1.29, 1.82) is 0 Å². The highest BCUT2D eigenvalue weighted by atomic mass is 32.1. The highest BCUT2D eigenvalue weighted by Gasteiger charge is 2.12. The lowest BCUT2D eigenvalue weighted by Gasteiger charge is -2.06. The van der Waals surface area contributed by atoms with Crippen molar-refractivity contribution < 1.29 is 9.59 Å². The third kappa shape index (κ3) is 3.46. The van der Waals surface area contributed by atoms with Crippen molar-refractivity contribution in [1.82, 2.24) is 15.6 Å². The minimum absolute atomic E-state index is 0.229. The molecule has 0 spiro atoms. The van der Waals surface area contributed by atoms with Crippen LogP contribution in [0.15, 0.2) is 23.6 Å². The summed E-state index contributed by atoms with van der Waals surface area (Å²) < 4.78 is 0. The number of nitrogens with one attached hydrogen (secondary N) is 2. The van der Waals surface area contributed by atoms with Gasteiger partial charge in [-0.15, -0.1) is 11.3 Å². The average Bonchev–Trinajstić information content (AvgIpc) is 2.83. The average molecular weight is 303 g/mol. The first kappa shape index (κ1) is 15.2. The molecule has 2 N–H and O–H groups in total. The number of rotatable bonds is 4. The molecule has 0 saturated heterocycles. The lowest BCUT2D eigenvalue weighted by Crippen LogP contribution is -2.26. The van der Waals surface area contributed by atoms with Crippen molar-refractivity contribution in [3.05, 3.63) is 51.0 Å². The molecule has 0 aliphatic carbocycles. The van der Waals surface area contributed by atoms with Crippen molar-refractivity contribution in [2.24, 2.45) is 0 Å². The van der Waals surface area contributed by atoms with E-state index in [9.17, 15) is 9.59 Å². The lowest BCUT2D eigenvalue weighted by molar-refractivity contribution is 0.0944. The number of carbonyl (C=O) groups excluding carboxylic acids is 2. The molecule has 21 heavy (non-hydrogen) atoms. The SMILES string of the molecule is CNC(=O)c1cccc(C(=O)NCc2csc(C)c2C)n1. The summed E-state index contributed by atoms with van der Waals surface area (Å²) in [5, 5.41) is 7.35. The minimum atomic E-state index is -0.311. The highest BCUT2D eigenvalue weighted by molar-refractivity contribution is 7.10. The van der Waals surface area contributed by atoms with Gasteiger partial charge < -0.3 is 10.6 Å². The monoisotopic (exact) mass is 303 g/mol. The largest absolute Gasteiger partial charge is 0.354 e. The summed E-state index contributed by atoms with van der Waals surface area (Å²) in [6, 6.07) is 4.81. The van der Waals surface area contributed by atoms with Gasteiger partial charge in [0, 0.05) is 18.5 Å². The van der Waals surface area contributed by atoms with Crippen LogP contribution >= 0.6 is 11.3 Å². The standard InChI is InChI=1S/C15H17N3O2S/c1-9-10(2)21-8-11(9)7-17-15(20)13-6-4-5-12(18-13)14(19)16-3/h4-6,8H,7H2,1-3H3,(H,16,19)(H,17,20). The molecule has 2 rings (SSSR count). The Morgan fingerprint density at radius 1 is 1.19 bits per heavy atom. The van der Waals surface area contributed by atoms with Crippen LogP contribution in [-0.4, -0.2) is 23.8 Å². The molecule has 0 aliphatic rings. The van der Waals surface area contributed by atoms with Crippen LogP contribution in [0.25, 0.3) is 0 Å². The summed E-state index contributed by atoms with van der Waals surface area (Å²) in [5.41, 5.74) is 2.77. The lowest BCUT2D eigenvalue weighted by atomic mass is 10.2. The second kappa shape index (κ2) is 6.49. The number of amides is 2. The Morgan fingerprint density at radius 2 is 1.86 bits per heavy atom. The summed E-state index contributed by atoms with van der Waals surface area (Å²) in [6.45, 7) is 4.55. The van der Waals surface area contributed by atoms with E-state index in [1.54, 1.807) is 29.5 Å². The Hall–Kier alpha value is -2.21. The summed E-state index contributed by atoms with van der Waals surface area (Å²) in [5.74, 6) is -0.599. The number of hydrogen-bond acceptors (Lipinski definition) is 4. The Kier molecular flexibility index (Phi) is 4.70. The second-order valence-electron chi connectivity index (χ2n) is 4.61. The van der Waals surface area contributed by atoms with Crippen molar-refractivity contribution >= 4 is 23.2 Å². The van der Waals surface area contributed by atoms with E-state index < -0.39 is 0 Å². The molecule has 0 bridgehead atoms. The molecule has 0 atom stereocenters. The quantitative estimate of drug-likeness (QED) is 0.908. The molecule has 0 unspecified atom stereocenters. The fraction of sp³-hybridized carbons (Fsp3) is 0.267. The molecule has 0 radical (unpaired) electrons. The van der Waals surface area contributed by atoms with Crippen LogP contribution in [0.3, 0.4) is 0 Å². The van der Waals surface area contributed by atoms with Gasteiger partial charge in [-0.3, -0.25) is 9.59 Å². The van der Waals surface area contributed by atoms with E-state index in [1.807, 2.05) is 12.3 Å². The first-order chi connectivity index (χ1) is 10.0. The van der Waals surface area contributed by atoms with Gasteiger partial charge in [0.2, 0.25) is 0 Å². The zero-order valence-corrected chi connectivity index (χ0v) is 13.0. The van der Waals surface area contributed by atoms with E-state index >= 15 is 0 Å². The van der Waals surface area contributed by atoms with Gasteiger partial charge in [-0.1, -0.05) is 6.07 Å². The maximum absolute atomic E-state index is 12.1. The van der Waals surface area contributed by atoms with Crippen LogP contribution in [0.1, 0.15) is 37.0 Å². The fourth-order valence-electron chi connectivity index (χ4n) is 1.82. The normalized spacial score (nSPS) is 10.2. The van der Waals surface area contributed by atoms with Crippen LogP contribution in [0.4, 0.5) is 0 Å². The van der Waals surface area contributed by atoms with E-state index in [1.165, 1.54) is 17.5 Å². The van der Waals surface area contributed by atoms with Crippen LogP contribution < -0.4 is 10.6 Å². The summed E-state index contributed by atoms with van der Waals surface area (Å²) in [4.78, 5) is 28.9. The zero-order chi connectivity index (χ0) is 15.4. The maximum atomic E-state index is 12.1. The van der Waals surface area contributed by atoms with Crippen molar-refractivity contribution in [2.45, 2.75) is 20.4 Å². The molecule has 0 fully saturated rings. The molecular weight excluding hydrogens is 286 g/mol. The number of aromatic nitrogens is 1. The highest BCUT2D eigenvalue weighted by Crippen LogP contribution is 2.20. The number of carbonyl (C=O) groups is 2. The number of thiophene rings is 1. The van der Waals surface area contributed by atoms with Gasteiger partial charge in [0.1, 0.15) is 11.4 Å². The summed E-state index contributed by atoms with van der Waals surface area (Å²) in [7, 11) is 1.53. The van der Waals surface area contributed by atoms with Crippen LogP contribution in [-0.2, 0) is 6.54 Å². The van der Waals surface area contributed by atoms with E-state index in [-0.39, 0.29) is 23.2 Å². The Morgan fingerprint density at radius 3 is 2.43 bits per heavy atom. The van der Waals surface area contributed by atoms with Gasteiger partial charge in [-0.2, -0.15) is 0 Å². The van der Waals surface area contributed by atoms with Gasteiger partial charge in [0.05, 0.1) is 0 Å². The van der Waals surface area contributed by atoms with Crippen molar-refractivity contribution in [3.8, 4) is 0 Å². The smallest absolute Gasteiger partial charge is 0.270 e. The third-order valence-corrected chi connectivity index (χ3v) is 4.33. The molecule has 2 aromatic rings. The van der Waals surface area contributed by atoms with E-state index in [4.69, 9.17) is 0 Å². The van der Waals surface area contributed by atoms with Crippen molar-refractivity contribution in [3.63, 3.8) is 0 Å². The minimum Gasteiger partial charge on any atom is -0.354 e. The first-order valence-corrected chi connectivity index (χ1v) is 7.41. The predicted molar refractivity (Wildman–Crippen MR) is 82.6 cm³/mol. The Balaban J connectivity index is 2.07. The van der Waals surface area contributed by atoms with E-state index in [0.717, 1.165) is 5.56 Å². The van der Waals surface area contributed by atoms with Crippen molar-refractivity contribution in [2.75, 3.05) is 7.05 Å². The van der Waals surface area contributed by atoms with Gasteiger partial charge in [0.15, 0.2) is 0 Å². The molecule has 5 nitrogen and oxygen atoms in total. The zero-order valence-electron chi connectivity index (χ0n) is 12.2. The number of pyridine rings is 1. The molecule has 2 amide bonds. The second-order valence-corrected chi connectivity index (χ2v) is 5.70. The fourth-order valence-corrected chi connectivity index (χ4v) is 2.71. The topological polar surface area (TPSA) is 71.1 Å². The maximum Gasteiger partial charge on any atom is 0.270 e. The van der Waals surface area contributed by atoms with Crippen LogP contribution in [0.5, 0.6) is 0 Å². The van der Waals surface area contributed by atoms with E-state index in [0.29, 0.717) is 6.54 Å². The molecule has 2 aromatic heterocycles. The summed E-state index contributed by atoms with van der Waals surface area (Å²) >= 11 is 1.67. The number of hydrogen-bond donors (Lipinski definition) is 2. The molecule has 6 heteroatoms. The Labute approximate surface area is 127 Å². The Bertz CT molecular complexity index is 679. The first-order valence-electron chi connectivity index (χ1n) is 6.54. The van der Waals surface area contributed by atoms with Gasteiger partial charge >= 0.3 is 0 Å². The molecule has 110 valence electrons. The molecule has 0 aliphatic heterocycles. The predicted octanol–water partition coefficient (Wildman–Crippen LogP) is 2.05. The van der Waals surface area contributed by atoms with Gasteiger partial charge in [-0.05, 0) is 42.5 Å². The molecule has 0 aromatic carbocycles. The van der Waals surface area contributed by atoms with Gasteiger partial charge in [-0.25, -0.2) is 4.98 Å². The van der Waals surface area contributed by atoms with Crippen LogP contribution in [0.2, 0.25) is 0 Å². The summed E-state index contributed by atoms with van der Waals surface area (Å²) in [6.07, 6.45) is 0. The van der Waals surface area contributed by atoms with E-state index in [2.05, 4.69) is 22.5 Å². The molecular formula is C15H17N3O2S. The third-order valence-electron chi connectivity index (χ3n) is 3.27. The number of aryl methyl sites for hydroxylation is 1. The molecule has 2 heterocycles. The molecule has 0 saturated carbocycles. The van der Waals surface area contributed by atoms with Crippen LogP contribution in [0, 0.1) is 13.8 Å².